The van der Waals surface area contributed by atoms with E-state index in [0.717, 1.165) is 10.6 Å². The summed E-state index contributed by atoms with van der Waals surface area (Å²) in [6, 6.07) is 12.3. The molecule has 26 heavy (non-hydrogen) atoms. The second-order valence-electron chi connectivity index (χ2n) is 5.81. The SMILES string of the molecule is COc1ccc(N(C)C(=O)CN(Cc2ccc(F)cc2)S(C)(=O)=O)cc1. The highest BCUT2D eigenvalue weighted by molar-refractivity contribution is 7.88. The van der Waals surface area contributed by atoms with Crippen molar-refractivity contribution in [3.8, 4) is 5.75 Å². The van der Waals surface area contributed by atoms with E-state index in [9.17, 15) is 17.6 Å². The van der Waals surface area contributed by atoms with E-state index in [0.29, 0.717) is 17.0 Å². The molecule has 0 radical (unpaired) electrons. The summed E-state index contributed by atoms with van der Waals surface area (Å²) in [7, 11) is -0.506. The van der Waals surface area contributed by atoms with Gasteiger partial charge in [-0.25, -0.2) is 12.8 Å². The summed E-state index contributed by atoms with van der Waals surface area (Å²) < 4.78 is 43.2. The Morgan fingerprint density at radius 3 is 2.15 bits per heavy atom. The van der Waals surface area contributed by atoms with Gasteiger partial charge >= 0.3 is 0 Å². The number of hydrogen-bond donors (Lipinski definition) is 0. The van der Waals surface area contributed by atoms with E-state index in [1.807, 2.05) is 0 Å². The second-order valence-corrected chi connectivity index (χ2v) is 7.79. The highest BCUT2D eigenvalue weighted by Crippen LogP contribution is 2.19. The van der Waals surface area contributed by atoms with Gasteiger partial charge in [0.15, 0.2) is 0 Å². The number of carbonyl (C=O) groups excluding carboxylic acids is 1. The number of likely N-dealkylation sites (N-methyl/N-ethyl adjacent to an activating group) is 1. The fraction of sp³-hybridized carbons (Fsp3) is 0.278. The van der Waals surface area contributed by atoms with Crippen LogP contribution in [0.25, 0.3) is 0 Å². The Hall–Kier alpha value is -2.45. The molecular weight excluding hydrogens is 359 g/mol. The number of nitrogens with zero attached hydrogens (tertiary/aromatic N) is 2. The summed E-state index contributed by atoms with van der Waals surface area (Å²) in [6.45, 7) is -0.333. The molecule has 0 aromatic heterocycles. The summed E-state index contributed by atoms with van der Waals surface area (Å²) in [5.41, 5.74) is 1.21. The molecular formula is C18H21FN2O4S. The Bertz CT molecular complexity index is 852. The van der Waals surface area contributed by atoms with E-state index in [1.54, 1.807) is 38.4 Å². The minimum Gasteiger partial charge on any atom is -0.497 e. The van der Waals surface area contributed by atoms with Gasteiger partial charge in [-0.05, 0) is 42.0 Å². The summed E-state index contributed by atoms with van der Waals surface area (Å²) >= 11 is 0. The Morgan fingerprint density at radius 1 is 1.08 bits per heavy atom. The van der Waals surface area contributed by atoms with Crippen molar-refractivity contribution in [2.45, 2.75) is 6.54 Å². The predicted molar refractivity (Wildman–Crippen MR) is 98.1 cm³/mol. The molecule has 6 nitrogen and oxygen atoms in total. The first-order chi connectivity index (χ1) is 12.2. The molecule has 140 valence electrons. The number of sulfonamides is 1. The third-order valence-corrected chi connectivity index (χ3v) is 5.08. The molecule has 0 fully saturated rings. The number of ether oxygens (including phenoxy) is 1. The first-order valence-corrected chi connectivity index (χ1v) is 9.65. The van der Waals surface area contributed by atoms with Crippen LogP contribution in [0.15, 0.2) is 48.5 Å². The minimum atomic E-state index is -3.62. The molecule has 0 saturated carbocycles. The topological polar surface area (TPSA) is 66.9 Å². The van der Waals surface area contributed by atoms with Crippen LogP contribution < -0.4 is 9.64 Å². The van der Waals surface area contributed by atoms with Gasteiger partial charge in [-0.3, -0.25) is 4.79 Å². The zero-order chi connectivity index (χ0) is 19.3. The highest BCUT2D eigenvalue weighted by atomic mass is 32.2. The van der Waals surface area contributed by atoms with Gasteiger partial charge in [0.05, 0.1) is 19.9 Å². The fourth-order valence-electron chi connectivity index (χ4n) is 2.29. The molecule has 0 aliphatic carbocycles. The number of benzene rings is 2. The molecule has 0 unspecified atom stereocenters. The van der Waals surface area contributed by atoms with E-state index in [1.165, 1.54) is 29.2 Å². The van der Waals surface area contributed by atoms with Crippen molar-refractivity contribution in [2.75, 3.05) is 31.9 Å². The number of carbonyl (C=O) groups is 1. The Kier molecular flexibility index (Phi) is 6.33. The van der Waals surface area contributed by atoms with E-state index in [2.05, 4.69) is 0 Å². The number of rotatable bonds is 7. The van der Waals surface area contributed by atoms with Crippen LogP contribution in [0, 0.1) is 5.82 Å². The molecule has 0 aliphatic rings. The van der Waals surface area contributed by atoms with Gasteiger partial charge in [0.1, 0.15) is 11.6 Å². The van der Waals surface area contributed by atoms with Crippen molar-refractivity contribution in [3.63, 3.8) is 0 Å². The van der Waals surface area contributed by atoms with Crippen molar-refractivity contribution in [2.24, 2.45) is 0 Å². The Labute approximate surface area is 152 Å². The standard InChI is InChI=1S/C18H21FN2O4S/c1-20(16-8-10-17(25-2)11-9-16)18(22)13-21(26(3,23)24)12-14-4-6-15(19)7-5-14/h4-11H,12-13H2,1-3H3. The summed E-state index contributed by atoms with van der Waals surface area (Å²) in [5.74, 6) is -0.138. The van der Waals surface area contributed by atoms with Crippen LogP contribution in [0.5, 0.6) is 5.75 Å². The van der Waals surface area contributed by atoms with E-state index >= 15 is 0 Å². The summed E-state index contributed by atoms with van der Waals surface area (Å²) in [6.07, 6.45) is 1.04. The van der Waals surface area contributed by atoms with E-state index in [4.69, 9.17) is 4.74 Å². The molecule has 0 N–H and O–H groups in total. The molecule has 2 aromatic carbocycles. The zero-order valence-corrected chi connectivity index (χ0v) is 15.7. The number of methoxy groups -OCH3 is 1. The third-order valence-electron chi connectivity index (χ3n) is 3.89. The lowest BCUT2D eigenvalue weighted by Crippen LogP contribution is -2.40. The first-order valence-electron chi connectivity index (χ1n) is 7.81. The van der Waals surface area contributed by atoms with E-state index in [-0.39, 0.29) is 19.0 Å². The smallest absolute Gasteiger partial charge is 0.242 e. The Morgan fingerprint density at radius 2 is 1.65 bits per heavy atom. The van der Waals surface area contributed by atoms with Crippen LogP contribution in [0.1, 0.15) is 5.56 Å². The molecule has 2 rings (SSSR count). The van der Waals surface area contributed by atoms with Crippen LogP contribution >= 0.6 is 0 Å². The van der Waals surface area contributed by atoms with Gasteiger partial charge in [-0.2, -0.15) is 4.31 Å². The molecule has 0 spiro atoms. The number of halogens is 1. The monoisotopic (exact) mass is 380 g/mol. The maximum absolute atomic E-state index is 13.0. The minimum absolute atomic E-state index is 0.0126. The second kappa shape index (κ2) is 8.29. The average Bonchev–Trinajstić information content (AvgIpc) is 2.61. The van der Waals surface area contributed by atoms with Crippen LogP contribution in [0.4, 0.5) is 10.1 Å². The molecule has 8 heteroatoms. The van der Waals surface area contributed by atoms with Gasteiger partial charge in [-0.1, -0.05) is 12.1 Å². The normalized spacial score (nSPS) is 11.4. The van der Waals surface area contributed by atoms with Crippen molar-refractivity contribution >= 4 is 21.6 Å². The molecule has 0 aliphatic heterocycles. The molecule has 0 atom stereocenters. The predicted octanol–water partition coefficient (Wildman–Crippen LogP) is 2.26. The van der Waals surface area contributed by atoms with Gasteiger partial charge < -0.3 is 9.64 Å². The molecule has 0 bridgehead atoms. The average molecular weight is 380 g/mol. The van der Waals surface area contributed by atoms with Gasteiger partial charge in [-0.15, -0.1) is 0 Å². The lowest BCUT2D eigenvalue weighted by atomic mass is 10.2. The van der Waals surface area contributed by atoms with Gasteiger partial charge in [0.25, 0.3) is 0 Å². The van der Waals surface area contributed by atoms with Crippen molar-refractivity contribution < 1.29 is 22.3 Å². The quantitative estimate of drug-likeness (QED) is 0.739. The maximum atomic E-state index is 13.0. The summed E-state index contributed by atoms with van der Waals surface area (Å²) in [4.78, 5) is 13.9. The van der Waals surface area contributed by atoms with Gasteiger partial charge in [0.2, 0.25) is 15.9 Å². The number of hydrogen-bond acceptors (Lipinski definition) is 4. The molecule has 0 heterocycles. The van der Waals surface area contributed by atoms with Crippen LogP contribution in [-0.4, -0.2) is 45.6 Å². The number of amides is 1. The first kappa shape index (κ1) is 19.9. The third kappa shape index (κ3) is 5.27. The van der Waals surface area contributed by atoms with Crippen LogP contribution in [0.2, 0.25) is 0 Å². The van der Waals surface area contributed by atoms with Crippen molar-refractivity contribution in [3.05, 3.63) is 59.9 Å². The lowest BCUT2D eigenvalue weighted by molar-refractivity contribution is -0.118. The fourth-order valence-corrected chi connectivity index (χ4v) is 3.02. The molecule has 1 amide bonds. The lowest BCUT2D eigenvalue weighted by Gasteiger charge is -2.24. The molecule has 2 aromatic rings. The zero-order valence-electron chi connectivity index (χ0n) is 14.8. The van der Waals surface area contributed by atoms with Gasteiger partial charge in [0, 0.05) is 19.3 Å². The Balaban J connectivity index is 2.13. The molecule has 0 saturated heterocycles. The van der Waals surface area contributed by atoms with Crippen LogP contribution in [0.3, 0.4) is 0 Å². The summed E-state index contributed by atoms with van der Waals surface area (Å²) in [5, 5.41) is 0. The maximum Gasteiger partial charge on any atom is 0.242 e. The van der Waals surface area contributed by atoms with Crippen molar-refractivity contribution in [1.82, 2.24) is 4.31 Å². The highest BCUT2D eigenvalue weighted by Gasteiger charge is 2.23. The van der Waals surface area contributed by atoms with Crippen molar-refractivity contribution in [1.29, 1.82) is 0 Å². The van der Waals surface area contributed by atoms with Crippen LogP contribution in [-0.2, 0) is 21.4 Å². The van der Waals surface area contributed by atoms with E-state index < -0.39 is 15.8 Å². The number of anilines is 1. The largest absolute Gasteiger partial charge is 0.497 e.